The summed E-state index contributed by atoms with van der Waals surface area (Å²) in [5.41, 5.74) is 1.44. The molecule has 1 heterocycles. The molecule has 0 unspecified atom stereocenters. The third-order valence-electron chi connectivity index (χ3n) is 3.13. The van der Waals surface area contributed by atoms with Gasteiger partial charge in [-0.2, -0.15) is 5.26 Å². The lowest BCUT2D eigenvalue weighted by atomic mass is 10.0. The van der Waals surface area contributed by atoms with Crippen molar-refractivity contribution in [2.45, 2.75) is 0 Å². The third-order valence-corrected chi connectivity index (χ3v) is 4.84. The molecule has 2 aromatic carbocycles. The van der Waals surface area contributed by atoms with Crippen LogP contribution in [0.25, 0.3) is 22.4 Å². The summed E-state index contributed by atoms with van der Waals surface area (Å²) in [5.74, 6) is 0.624. The zero-order chi connectivity index (χ0) is 14.8. The highest BCUT2D eigenvalue weighted by molar-refractivity contribution is 9.13. The minimum Gasteiger partial charge on any atom is -0.449 e. The molecule has 0 saturated heterocycles. The first-order chi connectivity index (χ1) is 10.2. The number of benzene rings is 2. The Morgan fingerprint density at radius 1 is 1.05 bits per heavy atom. The maximum absolute atomic E-state index is 9.41. The summed E-state index contributed by atoms with van der Waals surface area (Å²) in [6.45, 7) is 0. The van der Waals surface area contributed by atoms with Gasteiger partial charge < -0.3 is 4.42 Å². The zero-order valence-corrected chi connectivity index (χ0v) is 14.0. The fourth-order valence-electron chi connectivity index (χ4n) is 2.11. The summed E-state index contributed by atoms with van der Waals surface area (Å²) in [6.07, 6.45) is 1.74. The monoisotopic (exact) mass is 401 g/mol. The Morgan fingerprint density at radius 3 is 2.48 bits per heavy atom. The van der Waals surface area contributed by atoms with E-state index in [0.29, 0.717) is 16.0 Å². The van der Waals surface area contributed by atoms with Crippen LogP contribution >= 0.6 is 31.9 Å². The first-order valence-electron chi connectivity index (χ1n) is 6.23. The Hall–Kier alpha value is -1.83. The van der Waals surface area contributed by atoms with Crippen LogP contribution in [0, 0.1) is 11.3 Å². The molecule has 0 amide bonds. The lowest BCUT2D eigenvalue weighted by Crippen LogP contribution is -1.82. The van der Waals surface area contributed by atoms with E-state index < -0.39 is 0 Å². The van der Waals surface area contributed by atoms with Crippen molar-refractivity contribution in [2.75, 3.05) is 0 Å². The normalized spacial score (nSPS) is 11.6. The standard InChI is InChI=1S/C17H9Br2NO/c18-16-9-15(21-17(16)19)8-14(10-20)13-6-5-11-3-1-2-4-12(11)7-13/h1-9H/b14-8-. The molecular weight excluding hydrogens is 394 g/mol. The van der Waals surface area contributed by atoms with Crippen molar-refractivity contribution in [1.82, 2.24) is 0 Å². The number of nitriles is 1. The lowest BCUT2D eigenvalue weighted by molar-refractivity contribution is 0.530. The number of allylic oxidation sites excluding steroid dienone is 1. The molecule has 0 N–H and O–H groups in total. The van der Waals surface area contributed by atoms with Gasteiger partial charge in [-0.15, -0.1) is 0 Å². The SMILES string of the molecule is N#C/C(=C/c1cc(Br)c(Br)o1)c1ccc2ccccc2c1. The summed E-state index contributed by atoms with van der Waals surface area (Å²) < 4.78 is 6.94. The van der Waals surface area contributed by atoms with Crippen LogP contribution in [0.3, 0.4) is 0 Å². The highest BCUT2D eigenvalue weighted by Gasteiger charge is 2.07. The van der Waals surface area contributed by atoms with Crippen molar-refractivity contribution < 1.29 is 4.42 Å². The van der Waals surface area contributed by atoms with E-state index in [9.17, 15) is 5.26 Å². The van der Waals surface area contributed by atoms with E-state index in [1.54, 1.807) is 6.08 Å². The Kier molecular flexibility index (Phi) is 3.96. The van der Waals surface area contributed by atoms with Crippen LogP contribution in [0.5, 0.6) is 0 Å². The number of halogens is 2. The molecule has 0 spiro atoms. The van der Waals surface area contributed by atoms with E-state index in [2.05, 4.69) is 44.0 Å². The van der Waals surface area contributed by atoms with E-state index in [1.165, 1.54) is 0 Å². The van der Waals surface area contributed by atoms with Gasteiger partial charge in [-0.1, -0.05) is 36.4 Å². The van der Waals surface area contributed by atoms with Crippen molar-refractivity contribution in [3.8, 4) is 6.07 Å². The summed E-state index contributed by atoms with van der Waals surface area (Å²) >= 11 is 6.65. The number of fused-ring (bicyclic) bond motifs is 1. The topological polar surface area (TPSA) is 36.9 Å². The first-order valence-corrected chi connectivity index (χ1v) is 7.82. The molecule has 0 atom stereocenters. The molecule has 0 fully saturated rings. The zero-order valence-electron chi connectivity index (χ0n) is 10.8. The molecule has 3 aromatic rings. The van der Waals surface area contributed by atoms with Gasteiger partial charge in [0.2, 0.25) is 0 Å². The molecule has 0 saturated carbocycles. The van der Waals surface area contributed by atoms with Gasteiger partial charge in [0, 0.05) is 0 Å². The molecule has 2 nitrogen and oxygen atoms in total. The van der Waals surface area contributed by atoms with E-state index in [4.69, 9.17) is 4.42 Å². The Balaban J connectivity index is 2.07. The molecular formula is C17H9Br2NO. The van der Waals surface area contributed by atoms with Gasteiger partial charge in [0.1, 0.15) is 5.76 Å². The first kappa shape index (κ1) is 14.1. The fraction of sp³-hybridized carbons (Fsp3) is 0. The van der Waals surface area contributed by atoms with Gasteiger partial charge in [-0.3, -0.25) is 0 Å². The highest BCUT2D eigenvalue weighted by atomic mass is 79.9. The molecule has 0 aliphatic carbocycles. The minimum absolute atomic E-state index is 0.564. The van der Waals surface area contributed by atoms with Gasteiger partial charge in [-0.25, -0.2) is 0 Å². The van der Waals surface area contributed by atoms with Crippen molar-refractivity contribution in [3.05, 3.63) is 69.0 Å². The molecule has 4 heteroatoms. The van der Waals surface area contributed by atoms with Crippen LogP contribution in [-0.4, -0.2) is 0 Å². The van der Waals surface area contributed by atoms with Gasteiger partial charge >= 0.3 is 0 Å². The third kappa shape index (κ3) is 2.94. The number of nitrogens with zero attached hydrogens (tertiary/aromatic N) is 1. The second kappa shape index (κ2) is 5.88. The number of rotatable bonds is 2. The van der Waals surface area contributed by atoms with E-state index in [0.717, 1.165) is 20.8 Å². The second-order valence-corrected chi connectivity index (χ2v) is 6.08. The summed E-state index contributed by atoms with van der Waals surface area (Å²) in [5, 5.41) is 11.7. The van der Waals surface area contributed by atoms with Gasteiger partial charge in [-0.05, 0) is 66.4 Å². The summed E-state index contributed by atoms with van der Waals surface area (Å²) in [4.78, 5) is 0. The lowest BCUT2D eigenvalue weighted by Gasteiger charge is -2.02. The Bertz CT molecular complexity index is 868. The maximum Gasteiger partial charge on any atom is 0.184 e. The van der Waals surface area contributed by atoms with Crippen molar-refractivity contribution in [2.24, 2.45) is 0 Å². The van der Waals surface area contributed by atoms with E-state index in [-0.39, 0.29) is 0 Å². The minimum atomic E-state index is 0.564. The molecule has 0 bridgehead atoms. The number of hydrogen-bond donors (Lipinski definition) is 0. The van der Waals surface area contributed by atoms with Crippen LogP contribution in [0.15, 0.2) is 62.1 Å². The molecule has 21 heavy (non-hydrogen) atoms. The maximum atomic E-state index is 9.41. The van der Waals surface area contributed by atoms with E-state index in [1.807, 2.05) is 42.5 Å². The number of hydrogen-bond acceptors (Lipinski definition) is 2. The summed E-state index contributed by atoms with van der Waals surface area (Å²) in [7, 11) is 0. The van der Waals surface area contributed by atoms with Crippen LogP contribution in [0.4, 0.5) is 0 Å². The molecule has 0 aliphatic rings. The quantitative estimate of drug-likeness (QED) is 0.491. The van der Waals surface area contributed by atoms with Crippen LogP contribution in [-0.2, 0) is 0 Å². The Labute approximate surface area is 138 Å². The average molecular weight is 403 g/mol. The average Bonchev–Trinajstić information content (AvgIpc) is 2.82. The van der Waals surface area contributed by atoms with Crippen LogP contribution < -0.4 is 0 Å². The van der Waals surface area contributed by atoms with Gasteiger partial charge in [0.15, 0.2) is 4.67 Å². The summed E-state index contributed by atoms with van der Waals surface area (Å²) in [6, 6.07) is 18.1. The highest BCUT2D eigenvalue weighted by Crippen LogP contribution is 2.29. The molecule has 1 aromatic heterocycles. The molecule has 0 radical (unpaired) electrons. The van der Waals surface area contributed by atoms with E-state index >= 15 is 0 Å². The second-order valence-electron chi connectivity index (χ2n) is 4.50. The van der Waals surface area contributed by atoms with Gasteiger partial charge in [0.25, 0.3) is 0 Å². The smallest absolute Gasteiger partial charge is 0.184 e. The van der Waals surface area contributed by atoms with Crippen LogP contribution in [0.1, 0.15) is 11.3 Å². The predicted molar refractivity (Wildman–Crippen MR) is 91.5 cm³/mol. The van der Waals surface area contributed by atoms with Crippen LogP contribution in [0.2, 0.25) is 0 Å². The van der Waals surface area contributed by atoms with Crippen molar-refractivity contribution in [3.63, 3.8) is 0 Å². The Morgan fingerprint density at radius 2 is 1.81 bits per heavy atom. The number of furan rings is 1. The molecule has 102 valence electrons. The molecule has 3 rings (SSSR count). The fourth-order valence-corrected chi connectivity index (χ4v) is 2.72. The predicted octanol–water partition coefficient (Wildman–Crippen LogP) is 6.02. The largest absolute Gasteiger partial charge is 0.449 e. The molecule has 0 aliphatic heterocycles. The van der Waals surface area contributed by atoms with Crippen molar-refractivity contribution in [1.29, 1.82) is 5.26 Å². The van der Waals surface area contributed by atoms with Gasteiger partial charge in [0.05, 0.1) is 16.1 Å². The van der Waals surface area contributed by atoms with Crippen molar-refractivity contribution >= 4 is 54.3 Å².